The van der Waals surface area contributed by atoms with E-state index in [0.29, 0.717) is 19.0 Å². The van der Waals surface area contributed by atoms with E-state index in [0.717, 1.165) is 5.69 Å². The van der Waals surface area contributed by atoms with Gasteiger partial charge >= 0.3 is 6.09 Å². The van der Waals surface area contributed by atoms with Crippen LogP contribution >= 0.6 is 24.0 Å². The third-order valence-electron chi connectivity index (χ3n) is 4.58. The highest BCUT2D eigenvalue weighted by molar-refractivity contribution is 14.0. The molecule has 1 saturated heterocycles. The van der Waals surface area contributed by atoms with Gasteiger partial charge < -0.3 is 20.1 Å². The summed E-state index contributed by atoms with van der Waals surface area (Å²) in [6.45, 7) is 12.4. The molecule has 0 saturated carbocycles. The summed E-state index contributed by atoms with van der Waals surface area (Å²) in [7, 11) is 3.61. The number of ether oxygens (including phenoxy) is 2. The van der Waals surface area contributed by atoms with E-state index in [1.54, 1.807) is 22.8 Å². The summed E-state index contributed by atoms with van der Waals surface area (Å²) in [6, 6.07) is 1.75. The Morgan fingerprint density at radius 2 is 2.03 bits per heavy atom. The van der Waals surface area contributed by atoms with E-state index in [9.17, 15) is 4.79 Å². The van der Waals surface area contributed by atoms with Gasteiger partial charge in [-0.1, -0.05) is 0 Å². The van der Waals surface area contributed by atoms with Gasteiger partial charge in [-0.15, -0.1) is 24.0 Å². The summed E-state index contributed by atoms with van der Waals surface area (Å²) in [5.74, 6) is 0.641. The standard InChI is InChI=1S/C19H34N6O3.HI/c1-13-15(25(19(5,6)27-13)17(26)28-18(2,3)4)12-22-16(20-7)21-11-14-9-10-23-24(14)8;/h9-10,13,15H,11-12H2,1-8H3,(H2,20,21,22);1H. The molecule has 1 aromatic heterocycles. The zero-order valence-electron chi connectivity index (χ0n) is 18.6. The Bertz CT molecular complexity index is 713. The number of aliphatic imine (C=N–C) groups is 1. The van der Waals surface area contributed by atoms with Crippen LogP contribution in [0.4, 0.5) is 4.79 Å². The summed E-state index contributed by atoms with van der Waals surface area (Å²) >= 11 is 0. The fourth-order valence-corrected chi connectivity index (χ4v) is 3.29. The first-order valence-electron chi connectivity index (χ1n) is 9.56. The summed E-state index contributed by atoms with van der Waals surface area (Å²) in [6.07, 6.45) is 1.22. The molecule has 0 radical (unpaired) electrons. The molecule has 1 fully saturated rings. The predicted octanol–water partition coefficient (Wildman–Crippen LogP) is 2.46. The number of amides is 1. The number of carbonyl (C=O) groups excluding carboxylic acids is 1. The van der Waals surface area contributed by atoms with Gasteiger partial charge in [-0.2, -0.15) is 5.10 Å². The average molecular weight is 522 g/mol. The molecule has 1 aromatic rings. The van der Waals surface area contributed by atoms with Crippen molar-refractivity contribution >= 4 is 36.0 Å². The van der Waals surface area contributed by atoms with E-state index in [1.807, 2.05) is 54.7 Å². The van der Waals surface area contributed by atoms with Crippen molar-refractivity contribution in [3.8, 4) is 0 Å². The van der Waals surface area contributed by atoms with Crippen molar-refractivity contribution in [3.05, 3.63) is 18.0 Å². The Labute approximate surface area is 190 Å². The second-order valence-corrected chi connectivity index (χ2v) is 8.44. The summed E-state index contributed by atoms with van der Waals surface area (Å²) in [5, 5.41) is 10.7. The van der Waals surface area contributed by atoms with Crippen molar-refractivity contribution in [2.24, 2.45) is 12.0 Å². The van der Waals surface area contributed by atoms with Crippen LogP contribution in [0.5, 0.6) is 0 Å². The maximum Gasteiger partial charge on any atom is 0.412 e. The van der Waals surface area contributed by atoms with Crippen molar-refractivity contribution in [1.29, 1.82) is 0 Å². The number of aromatic nitrogens is 2. The molecule has 0 aliphatic carbocycles. The van der Waals surface area contributed by atoms with Crippen LogP contribution in [-0.2, 0) is 23.1 Å². The van der Waals surface area contributed by atoms with E-state index in [-0.39, 0.29) is 42.2 Å². The first-order chi connectivity index (χ1) is 12.9. The fourth-order valence-electron chi connectivity index (χ4n) is 3.29. The van der Waals surface area contributed by atoms with E-state index in [2.05, 4.69) is 20.7 Å². The van der Waals surface area contributed by atoms with Crippen LogP contribution in [-0.4, -0.2) is 63.8 Å². The fraction of sp³-hybridized carbons (Fsp3) is 0.737. The number of hydrogen-bond acceptors (Lipinski definition) is 5. The van der Waals surface area contributed by atoms with E-state index >= 15 is 0 Å². The van der Waals surface area contributed by atoms with E-state index in [4.69, 9.17) is 9.47 Å². The molecule has 2 N–H and O–H groups in total. The Balaban J connectivity index is 0.00000420. The lowest BCUT2D eigenvalue weighted by molar-refractivity contribution is -0.0755. The third-order valence-corrected chi connectivity index (χ3v) is 4.58. The monoisotopic (exact) mass is 522 g/mol. The van der Waals surface area contributed by atoms with Gasteiger partial charge in [0, 0.05) is 26.8 Å². The minimum atomic E-state index is -0.750. The maximum absolute atomic E-state index is 12.8. The molecule has 166 valence electrons. The zero-order valence-corrected chi connectivity index (χ0v) is 21.0. The van der Waals surface area contributed by atoms with Gasteiger partial charge in [0.25, 0.3) is 0 Å². The SMILES string of the molecule is CN=C(NCc1ccnn1C)NCC1C(C)OC(C)(C)N1C(=O)OC(C)(C)C.I. The Morgan fingerprint density at radius 1 is 1.38 bits per heavy atom. The number of hydrogen-bond donors (Lipinski definition) is 2. The number of carbonyl (C=O) groups is 1. The normalized spacial score (nSPS) is 21.5. The highest BCUT2D eigenvalue weighted by Gasteiger charge is 2.49. The van der Waals surface area contributed by atoms with Gasteiger partial charge in [-0.25, -0.2) is 4.79 Å². The van der Waals surface area contributed by atoms with Crippen molar-refractivity contribution < 1.29 is 14.3 Å². The van der Waals surface area contributed by atoms with Crippen LogP contribution in [0.25, 0.3) is 0 Å². The largest absolute Gasteiger partial charge is 0.444 e. The Hall–Kier alpha value is -1.56. The molecule has 10 heteroatoms. The molecule has 2 unspecified atom stereocenters. The van der Waals surface area contributed by atoms with Crippen LogP contribution in [0.1, 0.15) is 47.2 Å². The minimum absolute atomic E-state index is 0. The van der Waals surface area contributed by atoms with Crippen molar-refractivity contribution in [2.45, 2.75) is 71.6 Å². The number of rotatable bonds is 4. The molecule has 9 nitrogen and oxygen atoms in total. The highest BCUT2D eigenvalue weighted by atomic mass is 127. The molecular formula is C19H35IN6O3. The summed E-state index contributed by atoms with van der Waals surface area (Å²) in [4.78, 5) is 18.7. The molecule has 0 aromatic carbocycles. The quantitative estimate of drug-likeness (QED) is 0.359. The molecule has 2 heterocycles. The zero-order chi connectivity index (χ0) is 21.1. The summed E-state index contributed by atoms with van der Waals surface area (Å²) < 4.78 is 13.4. The highest BCUT2D eigenvalue weighted by Crippen LogP contribution is 2.33. The number of halogens is 1. The van der Waals surface area contributed by atoms with Gasteiger partial charge in [0.1, 0.15) is 11.3 Å². The van der Waals surface area contributed by atoms with Gasteiger partial charge in [0.15, 0.2) is 5.96 Å². The first kappa shape index (κ1) is 25.5. The lowest BCUT2D eigenvalue weighted by Crippen LogP contribution is -2.54. The van der Waals surface area contributed by atoms with Crippen molar-refractivity contribution in [1.82, 2.24) is 25.3 Å². The number of nitrogens with zero attached hydrogens (tertiary/aromatic N) is 4. The first-order valence-corrected chi connectivity index (χ1v) is 9.56. The van der Waals surface area contributed by atoms with Crippen LogP contribution < -0.4 is 10.6 Å². The second kappa shape index (κ2) is 9.96. The molecule has 1 aliphatic rings. The molecule has 1 aliphatic heterocycles. The number of nitrogens with one attached hydrogen (secondary N) is 2. The molecule has 2 atom stereocenters. The number of guanidine groups is 1. The third kappa shape index (κ3) is 6.73. The lowest BCUT2D eigenvalue weighted by atomic mass is 10.1. The van der Waals surface area contributed by atoms with Gasteiger partial charge in [-0.05, 0) is 47.6 Å². The Kier molecular flexibility index (Phi) is 8.75. The molecular weight excluding hydrogens is 487 g/mol. The minimum Gasteiger partial charge on any atom is -0.444 e. The van der Waals surface area contributed by atoms with Crippen LogP contribution in [0.15, 0.2) is 17.3 Å². The second-order valence-electron chi connectivity index (χ2n) is 8.44. The smallest absolute Gasteiger partial charge is 0.412 e. The topological polar surface area (TPSA) is 93.0 Å². The van der Waals surface area contributed by atoms with Crippen LogP contribution in [0.3, 0.4) is 0 Å². The summed E-state index contributed by atoms with van der Waals surface area (Å²) in [5.41, 5.74) is -0.283. The molecule has 0 spiro atoms. The van der Waals surface area contributed by atoms with Crippen LogP contribution in [0.2, 0.25) is 0 Å². The predicted molar refractivity (Wildman–Crippen MR) is 123 cm³/mol. The van der Waals surface area contributed by atoms with Gasteiger partial charge in [0.05, 0.1) is 24.4 Å². The maximum atomic E-state index is 12.8. The average Bonchev–Trinajstić information content (AvgIpc) is 3.05. The van der Waals surface area contributed by atoms with Gasteiger partial charge in [-0.3, -0.25) is 14.6 Å². The molecule has 29 heavy (non-hydrogen) atoms. The molecule has 2 rings (SSSR count). The lowest BCUT2D eigenvalue weighted by Gasteiger charge is -2.35. The van der Waals surface area contributed by atoms with E-state index in [1.165, 1.54) is 0 Å². The molecule has 1 amide bonds. The Morgan fingerprint density at radius 3 is 2.55 bits per heavy atom. The molecule has 0 bridgehead atoms. The van der Waals surface area contributed by atoms with Gasteiger partial charge in [0.2, 0.25) is 0 Å². The number of aryl methyl sites for hydroxylation is 1. The van der Waals surface area contributed by atoms with Crippen molar-refractivity contribution in [3.63, 3.8) is 0 Å². The van der Waals surface area contributed by atoms with E-state index < -0.39 is 11.3 Å². The van der Waals surface area contributed by atoms with Crippen molar-refractivity contribution in [2.75, 3.05) is 13.6 Å². The van der Waals surface area contributed by atoms with Crippen LogP contribution in [0, 0.1) is 0 Å².